The predicted octanol–water partition coefficient (Wildman–Crippen LogP) is 4.44. The fraction of sp³-hybridized carbons (Fsp3) is 0.292. The van der Waals surface area contributed by atoms with Crippen molar-refractivity contribution in [3.8, 4) is 5.75 Å². The molecule has 4 rings (SSSR count). The Labute approximate surface area is 171 Å². The van der Waals surface area contributed by atoms with E-state index >= 15 is 0 Å². The highest BCUT2D eigenvalue weighted by Gasteiger charge is 2.26. The molecule has 1 fully saturated rings. The standard InChI is InChI=1S/C24H26N2O3/c1-18-7-6-10-22(19(18)2)25-12-14-26(15-13-25)24(27)23-20(11-16-28-23)17-29-21-8-4-3-5-9-21/h3-11,16H,12-15,17H2,1-2H3. The summed E-state index contributed by atoms with van der Waals surface area (Å²) < 4.78 is 11.3. The van der Waals surface area contributed by atoms with E-state index in [2.05, 4.69) is 36.9 Å². The van der Waals surface area contributed by atoms with Crippen molar-refractivity contribution < 1.29 is 13.9 Å². The van der Waals surface area contributed by atoms with Gasteiger partial charge in [0.2, 0.25) is 0 Å². The largest absolute Gasteiger partial charge is 0.489 e. The van der Waals surface area contributed by atoms with Gasteiger partial charge in [-0.05, 0) is 49.2 Å². The Balaban J connectivity index is 1.39. The van der Waals surface area contributed by atoms with Crippen LogP contribution in [-0.4, -0.2) is 37.0 Å². The third-order valence-electron chi connectivity index (χ3n) is 5.56. The third kappa shape index (κ3) is 4.14. The Kier molecular flexibility index (Phi) is 5.56. The monoisotopic (exact) mass is 390 g/mol. The summed E-state index contributed by atoms with van der Waals surface area (Å²) in [5, 5.41) is 0. The first-order valence-corrected chi connectivity index (χ1v) is 9.98. The normalized spacial score (nSPS) is 14.1. The number of hydrogen-bond acceptors (Lipinski definition) is 4. The quantitative estimate of drug-likeness (QED) is 0.646. The van der Waals surface area contributed by atoms with Gasteiger partial charge in [-0.1, -0.05) is 30.3 Å². The summed E-state index contributed by atoms with van der Waals surface area (Å²) in [4.78, 5) is 17.2. The van der Waals surface area contributed by atoms with Crippen LogP contribution >= 0.6 is 0 Å². The van der Waals surface area contributed by atoms with Gasteiger partial charge in [0, 0.05) is 37.4 Å². The first kappa shape index (κ1) is 19.1. The first-order chi connectivity index (χ1) is 14.1. The molecule has 5 nitrogen and oxygen atoms in total. The maximum atomic E-state index is 13.0. The number of para-hydroxylation sites is 1. The molecule has 2 heterocycles. The Morgan fingerprint density at radius 1 is 0.966 bits per heavy atom. The van der Waals surface area contributed by atoms with Crippen LogP contribution in [0.2, 0.25) is 0 Å². The lowest BCUT2D eigenvalue weighted by atomic mass is 10.1. The summed E-state index contributed by atoms with van der Waals surface area (Å²) in [5.74, 6) is 1.08. The number of hydrogen-bond donors (Lipinski definition) is 0. The number of rotatable bonds is 5. The number of carbonyl (C=O) groups is 1. The first-order valence-electron chi connectivity index (χ1n) is 9.98. The lowest BCUT2D eigenvalue weighted by molar-refractivity contribution is 0.0711. The van der Waals surface area contributed by atoms with Crippen LogP contribution in [0, 0.1) is 13.8 Å². The van der Waals surface area contributed by atoms with E-state index in [-0.39, 0.29) is 5.91 Å². The van der Waals surface area contributed by atoms with E-state index in [1.54, 1.807) is 6.26 Å². The smallest absolute Gasteiger partial charge is 0.290 e. The number of ether oxygens (including phenoxy) is 1. The van der Waals surface area contributed by atoms with Gasteiger partial charge in [-0.15, -0.1) is 0 Å². The second-order valence-corrected chi connectivity index (χ2v) is 7.37. The zero-order valence-corrected chi connectivity index (χ0v) is 16.9. The average Bonchev–Trinajstić information content (AvgIpc) is 3.23. The van der Waals surface area contributed by atoms with Crippen molar-refractivity contribution in [2.24, 2.45) is 0 Å². The van der Waals surface area contributed by atoms with Crippen LogP contribution in [0.1, 0.15) is 27.2 Å². The van der Waals surface area contributed by atoms with Gasteiger partial charge < -0.3 is 19.0 Å². The molecule has 0 atom stereocenters. The minimum absolute atomic E-state index is 0.0673. The van der Waals surface area contributed by atoms with Gasteiger partial charge in [0.15, 0.2) is 5.76 Å². The van der Waals surface area contributed by atoms with Crippen LogP contribution in [0.15, 0.2) is 65.3 Å². The molecule has 1 aliphatic rings. The van der Waals surface area contributed by atoms with Crippen molar-refractivity contribution in [2.45, 2.75) is 20.5 Å². The van der Waals surface area contributed by atoms with Crippen molar-refractivity contribution in [1.29, 1.82) is 0 Å². The average molecular weight is 390 g/mol. The Morgan fingerprint density at radius 3 is 2.48 bits per heavy atom. The molecule has 1 aromatic heterocycles. The number of amides is 1. The van der Waals surface area contributed by atoms with E-state index in [0.717, 1.165) is 24.4 Å². The van der Waals surface area contributed by atoms with Crippen molar-refractivity contribution >= 4 is 11.6 Å². The summed E-state index contributed by atoms with van der Waals surface area (Å²) in [6, 6.07) is 17.8. The number of piperazine rings is 1. The highest BCUT2D eigenvalue weighted by Crippen LogP contribution is 2.25. The van der Waals surface area contributed by atoms with Gasteiger partial charge in [-0.3, -0.25) is 4.79 Å². The number of aryl methyl sites for hydroxylation is 1. The molecule has 3 aromatic rings. The number of anilines is 1. The molecule has 0 spiro atoms. The number of furan rings is 1. The molecule has 0 saturated carbocycles. The molecule has 0 bridgehead atoms. The van der Waals surface area contributed by atoms with Crippen LogP contribution in [-0.2, 0) is 6.61 Å². The Bertz CT molecular complexity index is 973. The second-order valence-electron chi connectivity index (χ2n) is 7.37. The van der Waals surface area contributed by atoms with E-state index < -0.39 is 0 Å². The number of nitrogens with zero attached hydrogens (tertiary/aromatic N) is 2. The van der Waals surface area contributed by atoms with Crippen molar-refractivity contribution in [3.63, 3.8) is 0 Å². The molecule has 0 unspecified atom stereocenters. The van der Waals surface area contributed by atoms with Crippen molar-refractivity contribution in [3.05, 3.63) is 83.3 Å². The molecule has 0 N–H and O–H groups in total. The van der Waals surface area contributed by atoms with Gasteiger partial charge in [-0.2, -0.15) is 0 Å². The van der Waals surface area contributed by atoms with Crippen LogP contribution in [0.25, 0.3) is 0 Å². The molecule has 5 heteroatoms. The summed E-state index contributed by atoms with van der Waals surface area (Å²) >= 11 is 0. The number of benzene rings is 2. The Morgan fingerprint density at radius 2 is 1.72 bits per heavy atom. The second kappa shape index (κ2) is 8.43. The fourth-order valence-corrected chi connectivity index (χ4v) is 3.69. The molecule has 29 heavy (non-hydrogen) atoms. The van der Waals surface area contributed by atoms with Crippen LogP contribution < -0.4 is 9.64 Å². The minimum atomic E-state index is -0.0673. The van der Waals surface area contributed by atoms with Crippen LogP contribution in [0.5, 0.6) is 5.75 Å². The maximum Gasteiger partial charge on any atom is 0.290 e. The predicted molar refractivity (Wildman–Crippen MR) is 114 cm³/mol. The maximum absolute atomic E-state index is 13.0. The summed E-state index contributed by atoms with van der Waals surface area (Å²) in [6.45, 7) is 7.57. The number of carbonyl (C=O) groups excluding carboxylic acids is 1. The lowest BCUT2D eigenvalue weighted by Gasteiger charge is -2.36. The topological polar surface area (TPSA) is 45.9 Å². The zero-order valence-electron chi connectivity index (χ0n) is 16.9. The summed E-state index contributed by atoms with van der Waals surface area (Å²) in [5.41, 5.74) is 4.63. The van der Waals surface area contributed by atoms with E-state index in [9.17, 15) is 4.79 Å². The molecule has 0 radical (unpaired) electrons. The third-order valence-corrected chi connectivity index (χ3v) is 5.56. The Hall–Kier alpha value is -3.21. The van der Waals surface area contributed by atoms with E-state index in [1.807, 2.05) is 41.3 Å². The van der Waals surface area contributed by atoms with Crippen molar-refractivity contribution in [2.75, 3.05) is 31.1 Å². The van der Waals surface area contributed by atoms with Gasteiger partial charge in [0.05, 0.1) is 6.26 Å². The van der Waals surface area contributed by atoms with Crippen LogP contribution in [0.4, 0.5) is 5.69 Å². The van der Waals surface area contributed by atoms with E-state index in [4.69, 9.17) is 9.15 Å². The molecule has 1 aliphatic heterocycles. The highest BCUT2D eigenvalue weighted by molar-refractivity contribution is 5.93. The van der Waals surface area contributed by atoms with Gasteiger partial charge >= 0.3 is 0 Å². The minimum Gasteiger partial charge on any atom is -0.489 e. The molecular formula is C24H26N2O3. The highest BCUT2D eigenvalue weighted by atomic mass is 16.5. The lowest BCUT2D eigenvalue weighted by Crippen LogP contribution is -2.49. The van der Waals surface area contributed by atoms with Gasteiger partial charge in [-0.25, -0.2) is 0 Å². The molecular weight excluding hydrogens is 364 g/mol. The van der Waals surface area contributed by atoms with Crippen LogP contribution in [0.3, 0.4) is 0 Å². The summed E-state index contributed by atoms with van der Waals surface area (Å²) in [7, 11) is 0. The molecule has 2 aromatic carbocycles. The fourth-order valence-electron chi connectivity index (χ4n) is 3.69. The van der Waals surface area contributed by atoms with Gasteiger partial charge in [0.25, 0.3) is 5.91 Å². The van der Waals surface area contributed by atoms with Crippen molar-refractivity contribution in [1.82, 2.24) is 4.90 Å². The van der Waals surface area contributed by atoms with E-state index in [0.29, 0.717) is 25.5 Å². The van der Waals surface area contributed by atoms with Gasteiger partial charge in [0.1, 0.15) is 12.4 Å². The van der Waals surface area contributed by atoms with E-state index in [1.165, 1.54) is 16.8 Å². The SMILES string of the molecule is Cc1cccc(N2CCN(C(=O)c3occc3COc3ccccc3)CC2)c1C. The molecule has 1 saturated heterocycles. The molecule has 1 amide bonds. The molecule has 150 valence electrons. The zero-order chi connectivity index (χ0) is 20.2. The molecule has 0 aliphatic carbocycles. The summed E-state index contributed by atoms with van der Waals surface area (Å²) in [6.07, 6.45) is 1.56.